The molecule has 0 saturated carbocycles. The summed E-state index contributed by atoms with van der Waals surface area (Å²) in [5, 5.41) is 0. The first-order valence-corrected chi connectivity index (χ1v) is 9.23. The number of para-hydroxylation sites is 1. The molecule has 27 heavy (non-hydrogen) atoms. The number of aromatic nitrogens is 2. The van der Waals surface area contributed by atoms with E-state index in [1.54, 1.807) is 6.92 Å². The first-order valence-electron chi connectivity index (χ1n) is 9.23. The third-order valence-corrected chi connectivity index (χ3v) is 4.96. The van der Waals surface area contributed by atoms with Crippen LogP contribution in [0.15, 0.2) is 66.9 Å². The van der Waals surface area contributed by atoms with Gasteiger partial charge in [-0.05, 0) is 26.0 Å². The minimum atomic E-state index is -0.495. The van der Waals surface area contributed by atoms with Crippen LogP contribution in [0.25, 0.3) is 11.4 Å². The van der Waals surface area contributed by atoms with Crippen LogP contribution in [0.1, 0.15) is 18.7 Å². The van der Waals surface area contributed by atoms with E-state index in [0.717, 1.165) is 17.1 Å². The van der Waals surface area contributed by atoms with Crippen molar-refractivity contribution in [3.8, 4) is 17.1 Å². The van der Waals surface area contributed by atoms with Crippen LogP contribution >= 0.6 is 0 Å². The maximum Gasteiger partial charge on any atom is 0.263 e. The van der Waals surface area contributed by atoms with Gasteiger partial charge in [-0.15, -0.1) is 0 Å². The molecule has 1 fully saturated rings. The van der Waals surface area contributed by atoms with E-state index in [1.165, 1.54) is 0 Å². The quantitative estimate of drug-likeness (QED) is 0.696. The fraction of sp³-hybridized carbons (Fsp3) is 0.273. The summed E-state index contributed by atoms with van der Waals surface area (Å²) in [5.41, 5.74) is 2.20. The monoisotopic (exact) mass is 361 g/mol. The van der Waals surface area contributed by atoms with Crippen molar-refractivity contribution >= 4 is 5.91 Å². The zero-order valence-corrected chi connectivity index (χ0v) is 15.6. The molecule has 1 unspecified atom stereocenters. The van der Waals surface area contributed by atoms with E-state index in [2.05, 4.69) is 28.6 Å². The lowest BCUT2D eigenvalue weighted by molar-refractivity contribution is -0.143. The molecular formula is C22H23N3O2. The van der Waals surface area contributed by atoms with Crippen molar-refractivity contribution in [1.29, 1.82) is 0 Å². The molecule has 1 saturated heterocycles. The minimum Gasteiger partial charge on any atom is -0.481 e. The number of carbonyl (C=O) groups is 1. The van der Waals surface area contributed by atoms with E-state index < -0.39 is 6.10 Å². The van der Waals surface area contributed by atoms with Gasteiger partial charge in [0.25, 0.3) is 5.91 Å². The Hall–Kier alpha value is -3.08. The van der Waals surface area contributed by atoms with Crippen molar-refractivity contribution in [3.63, 3.8) is 0 Å². The van der Waals surface area contributed by atoms with Gasteiger partial charge in [0.2, 0.25) is 0 Å². The Morgan fingerprint density at radius 1 is 1.07 bits per heavy atom. The number of rotatable bonds is 5. The standard InChI is InChI=1S/C22H23N3O2/c1-16-13-23-21(18-9-5-3-6-10-18)25(16)19-14-24(15-19)22(26)17(2)27-20-11-7-4-8-12-20/h3-13,17,19H,14-15H2,1-2H3. The molecule has 1 atom stereocenters. The summed E-state index contributed by atoms with van der Waals surface area (Å²) < 4.78 is 8.00. The predicted octanol–water partition coefficient (Wildman–Crippen LogP) is 3.71. The van der Waals surface area contributed by atoms with E-state index in [9.17, 15) is 4.79 Å². The van der Waals surface area contributed by atoms with Gasteiger partial charge < -0.3 is 14.2 Å². The Morgan fingerprint density at radius 3 is 2.37 bits per heavy atom. The SMILES string of the molecule is Cc1cnc(-c2ccccc2)n1C1CN(C(=O)C(C)Oc2ccccc2)C1. The lowest BCUT2D eigenvalue weighted by atomic mass is 10.1. The van der Waals surface area contributed by atoms with Crippen LogP contribution in [0.5, 0.6) is 5.75 Å². The maximum atomic E-state index is 12.7. The Kier molecular flexibility index (Phi) is 4.67. The third-order valence-electron chi connectivity index (χ3n) is 4.96. The highest BCUT2D eigenvalue weighted by molar-refractivity contribution is 5.81. The molecule has 5 heteroatoms. The summed E-state index contributed by atoms with van der Waals surface area (Å²) in [6, 6.07) is 19.9. The molecule has 2 heterocycles. The zero-order valence-electron chi connectivity index (χ0n) is 15.6. The number of amides is 1. The Bertz CT molecular complexity index is 915. The van der Waals surface area contributed by atoms with E-state index in [4.69, 9.17) is 4.74 Å². The smallest absolute Gasteiger partial charge is 0.263 e. The highest BCUT2D eigenvalue weighted by atomic mass is 16.5. The summed E-state index contributed by atoms with van der Waals surface area (Å²) in [5.74, 6) is 1.69. The van der Waals surface area contributed by atoms with Crippen LogP contribution in [-0.2, 0) is 4.79 Å². The number of carbonyl (C=O) groups excluding carboxylic acids is 1. The van der Waals surface area contributed by atoms with Crippen molar-refractivity contribution in [1.82, 2.24) is 14.5 Å². The number of likely N-dealkylation sites (tertiary alicyclic amines) is 1. The highest BCUT2D eigenvalue weighted by Crippen LogP contribution is 2.30. The fourth-order valence-electron chi connectivity index (χ4n) is 3.52. The topological polar surface area (TPSA) is 47.4 Å². The second-order valence-electron chi connectivity index (χ2n) is 6.93. The molecule has 1 amide bonds. The molecule has 0 N–H and O–H groups in total. The van der Waals surface area contributed by atoms with Crippen molar-refractivity contribution < 1.29 is 9.53 Å². The van der Waals surface area contributed by atoms with Crippen LogP contribution in [-0.4, -0.2) is 39.6 Å². The number of hydrogen-bond donors (Lipinski definition) is 0. The zero-order chi connectivity index (χ0) is 18.8. The molecule has 0 aliphatic carbocycles. The summed E-state index contributed by atoms with van der Waals surface area (Å²) in [4.78, 5) is 19.1. The lowest BCUT2D eigenvalue weighted by Gasteiger charge is -2.42. The van der Waals surface area contributed by atoms with Crippen LogP contribution in [0.4, 0.5) is 0 Å². The van der Waals surface area contributed by atoms with E-state index in [-0.39, 0.29) is 11.9 Å². The van der Waals surface area contributed by atoms with Gasteiger partial charge in [-0.2, -0.15) is 0 Å². The fourth-order valence-corrected chi connectivity index (χ4v) is 3.52. The molecule has 0 spiro atoms. The normalized spacial score (nSPS) is 15.3. The van der Waals surface area contributed by atoms with Gasteiger partial charge in [-0.1, -0.05) is 48.5 Å². The molecule has 0 radical (unpaired) electrons. The van der Waals surface area contributed by atoms with Crippen LogP contribution < -0.4 is 4.74 Å². The molecule has 138 valence electrons. The molecule has 1 aliphatic heterocycles. The lowest BCUT2D eigenvalue weighted by Crippen LogP contribution is -2.54. The Balaban J connectivity index is 1.43. The largest absolute Gasteiger partial charge is 0.481 e. The molecular weight excluding hydrogens is 338 g/mol. The summed E-state index contributed by atoms with van der Waals surface area (Å²) in [6.45, 7) is 5.22. The molecule has 0 bridgehead atoms. The molecule has 1 aromatic heterocycles. The maximum absolute atomic E-state index is 12.7. The van der Waals surface area contributed by atoms with Gasteiger partial charge >= 0.3 is 0 Å². The molecule has 1 aliphatic rings. The van der Waals surface area contributed by atoms with Gasteiger partial charge in [0.1, 0.15) is 11.6 Å². The van der Waals surface area contributed by atoms with Gasteiger partial charge in [0.05, 0.1) is 6.04 Å². The molecule has 3 aromatic rings. The second kappa shape index (κ2) is 7.27. The second-order valence-corrected chi connectivity index (χ2v) is 6.93. The number of aryl methyl sites for hydroxylation is 1. The van der Waals surface area contributed by atoms with Crippen LogP contribution in [0.2, 0.25) is 0 Å². The minimum absolute atomic E-state index is 0.0223. The number of ether oxygens (including phenoxy) is 1. The number of nitrogens with zero attached hydrogens (tertiary/aromatic N) is 3. The number of imidazole rings is 1. The van der Waals surface area contributed by atoms with E-state index in [0.29, 0.717) is 18.8 Å². The molecule has 4 rings (SSSR count). The molecule has 5 nitrogen and oxygen atoms in total. The van der Waals surface area contributed by atoms with Crippen molar-refractivity contribution in [3.05, 3.63) is 72.6 Å². The van der Waals surface area contributed by atoms with Crippen molar-refractivity contribution in [2.24, 2.45) is 0 Å². The van der Waals surface area contributed by atoms with Crippen LogP contribution in [0.3, 0.4) is 0 Å². The first kappa shape index (κ1) is 17.3. The van der Waals surface area contributed by atoms with Crippen molar-refractivity contribution in [2.75, 3.05) is 13.1 Å². The number of hydrogen-bond acceptors (Lipinski definition) is 3. The van der Waals surface area contributed by atoms with E-state index in [1.807, 2.05) is 59.6 Å². The molecule has 2 aromatic carbocycles. The Morgan fingerprint density at radius 2 is 1.70 bits per heavy atom. The average Bonchev–Trinajstić information content (AvgIpc) is 3.03. The van der Waals surface area contributed by atoms with Gasteiger partial charge in [0, 0.05) is 30.5 Å². The highest BCUT2D eigenvalue weighted by Gasteiger charge is 2.36. The van der Waals surface area contributed by atoms with E-state index >= 15 is 0 Å². The number of benzene rings is 2. The first-order chi connectivity index (χ1) is 13.1. The Labute approximate surface area is 159 Å². The predicted molar refractivity (Wildman–Crippen MR) is 105 cm³/mol. The van der Waals surface area contributed by atoms with Crippen molar-refractivity contribution in [2.45, 2.75) is 26.0 Å². The third kappa shape index (κ3) is 3.45. The average molecular weight is 361 g/mol. The van der Waals surface area contributed by atoms with Gasteiger partial charge in [-0.25, -0.2) is 4.98 Å². The van der Waals surface area contributed by atoms with Crippen LogP contribution in [0, 0.1) is 6.92 Å². The van der Waals surface area contributed by atoms with Gasteiger partial charge in [0.15, 0.2) is 6.10 Å². The van der Waals surface area contributed by atoms with Gasteiger partial charge in [-0.3, -0.25) is 4.79 Å². The summed E-state index contributed by atoms with van der Waals surface area (Å²) >= 11 is 0. The summed E-state index contributed by atoms with van der Waals surface area (Å²) in [6.07, 6.45) is 1.40. The summed E-state index contributed by atoms with van der Waals surface area (Å²) in [7, 11) is 0.